The number of rotatable bonds is 6. The predicted octanol–water partition coefficient (Wildman–Crippen LogP) is 2.11. The molecular weight excluding hydrogens is 284 g/mol. The Morgan fingerprint density at radius 2 is 2.05 bits per heavy atom. The van der Waals surface area contributed by atoms with Crippen molar-refractivity contribution < 1.29 is 13.6 Å². The molecule has 2 amide bonds. The lowest BCUT2D eigenvalue weighted by Gasteiger charge is -2.24. The molecule has 1 aliphatic rings. The van der Waals surface area contributed by atoms with Gasteiger partial charge in [0.15, 0.2) is 0 Å². The van der Waals surface area contributed by atoms with Gasteiger partial charge < -0.3 is 10.2 Å². The average molecular weight is 309 g/mol. The highest BCUT2D eigenvalue weighted by atomic mass is 32.2. The van der Waals surface area contributed by atoms with Gasteiger partial charge in [0.05, 0.1) is 6.54 Å². The van der Waals surface area contributed by atoms with Crippen molar-refractivity contribution in [2.24, 2.45) is 0 Å². The first-order valence-electron chi connectivity index (χ1n) is 7.07. The van der Waals surface area contributed by atoms with Gasteiger partial charge in [-0.3, -0.25) is 4.90 Å². The molecule has 1 saturated heterocycles. The van der Waals surface area contributed by atoms with Gasteiger partial charge in [0.1, 0.15) is 0 Å². The Balaban J connectivity index is 2.34. The number of carbonyl (C=O) groups is 1. The molecule has 1 fully saturated rings. The van der Waals surface area contributed by atoms with Crippen LogP contribution < -0.4 is 5.32 Å². The quantitative estimate of drug-likeness (QED) is 0.816. The van der Waals surface area contributed by atoms with Crippen molar-refractivity contribution in [3.8, 4) is 0 Å². The van der Waals surface area contributed by atoms with Crippen LogP contribution in [-0.2, 0) is 0 Å². The van der Waals surface area contributed by atoms with E-state index >= 15 is 0 Å². The second-order valence-corrected chi connectivity index (χ2v) is 6.15. The minimum Gasteiger partial charge on any atom is -0.336 e. The summed E-state index contributed by atoms with van der Waals surface area (Å²) in [5, 5.41) is 2.97. The molecule has 20 heavy (non-hydrogen) atoms. The van der Waals surface area contributed by atoms with Gasteiger partial charge in [-0.15, -0.1) is 0 Å². The average Bonchev–Trinajstić information content (AvgIpc) is 2.61. The highest BCUT2D eigenvalue weighted by Crippen LogP contribution is 2.07. The van der Waals surface area contributed by atoms with Gasteiger partial charge >= 0.3 is 6.03 Å². The molecule has 0 bridgehead atoms. The molecule has 1 rings (SSSR count). The lowest BCUT2D eigenvalue weighted by molar-refractivity contribution is 0.0903. The van der Waals surface area contributed by atoms with Gasteiger partial charge in [-0.05, 0) is 31.8 Å². The molecule has 0 radical (unpaired) electrons. The number of thioether (sulfide) groups is 1. The SMILES string of the molecule is CSCC[C@H](C)NC(=O)N1CCCN(CC(F)F)CC1. The molecule has 1 atom stereocenters. The molecule has 1 aliphatic heterocycles. The smallest absolute Gasteiger partial charge is 0.317 e. The van der Waals surface area contributed by atoms with Crippen LogP contribution in [0.3, 0.4) is 0 Å². The highest BCUT2D eigenvalue weighted by Gasteiger charge is 2.21. The van der Waals surface area contributed by atoms with E-state index < -0.39 is 6.43 Å². The summed E-state index contributed by atoms with van der Waals surface area (Å²) in [6.45, 7) is 4.12. The van der Waals surface area contributed by atoms with E-state index in [4.69, 9.17) is 0 Å². The predicted molar refractivity (Wildman–Crippen MR) is 79.6 cm³/mol. The van der Waals surface area contributed by atoms with Crippen molar-refractivity contribution in [1.29, 1.82) is 0 Å². The fourth-order valence-corrected chi connectivity index (χ4v) is 2.81. The van der Waals surface area contributed by atoms with Crippen LogP contribution in [0.4, 0.5) is 13.6 Å². The molecule has 0 saturated carbocycles. The summed E-state index contributed by atoms with van der Waals surface area (Å²) in [6.07, 6.45) is 1.43. The summed E-state index contributed by atoms with van der Waals surface area (Å²) >= 11 is 1.76. The van der Waals surface area contributed by atoms with Gasteiger partial charge in [-0.25, -0.2) is 13.6 Å². The Labute approximate surface area is 124 Å². The minimum absolute atomic E-state index is 0.0718. The number of halogens is 2. The third-order valence-electron chi connectivity index (χ3n) is 3.40. The second-order valence-electron chi connectivity index (χ2n) is 5.16. The Kier molecular flexibility index (Phi) is 8.21. The van der Waals surface area contributed by atoms with Gasteiger partial charge in [-0.2, -0.15) is 11.8 Å². The number of urea groups is 1. The summed E-state index contributed by atoms with van der Waals surface area (Å²) in [5.74, 6) is 1.02. The molecule has 1 heterocycles. The third kappa shape index (κ3) is 6.74. The zero-order valence-electron chi connectivity index (χ0n) is 12.3. The molecule has 1 N–H and O–H groups in total. The molecule has 0 aromatic heterocycles. The maximum atomic E-state index is 12.4. The van der Waals surface area contributed by atoms with E-state index in [1.165, 1.54) is 0 Å². The molecule has 0 aromatic rings. The highest BCUT2D eigenvalue weighted by molar-refractivity contribution is 7.98. The fourth-order valence-electron chi connectivity index (χ4n) is 2.22. The lowest BCUT2D eigenvalue weighted by atomic mass is 10.2. The van der Waals surface area contributed by atoms with Gasteiger partial charge in [0.2, 0.25) is 0 Å². The van der Waals surface area contributed by atoms with Gasteiger partial charge in [0, 0.05) is 32.2 Å². The number of alkyl halides is 2. The normalized spacial score (nSPS) is 18.9. The van der Waals surface area contributed by atoms with E-state index in [9.17, 15) is 13.6 Å². The van der Waals surface area contributed by atoms with Crippen LogP contribution in [0.2, 0.25) is 0 Å². The first-order chi connectivity index (χ1) is 9.52. The second kappa shape index (κ2) is 9.39. The van der Waals surface area contributed by atoms with Crippen molar-refractivity contribution in [2.45, 2.75) is 32.2 Å². The Morgan fingerprint density at radius 1 is 1.30 bits per heavy atom. The van der Waals surface area contributed by atoms with Crippen LogP contribution in [0.1, 0.15) is 19.8 Å². The van der Waals surface area contributed by atoms with Crippen molar-refractivity contribution in [3.63, 3.8) is 0 Å². The zero-order valence-corrected chi connectivity index (χ0v) is 13.1. The van der Waals surface area contributed by atoms with Crippen molar-refractivity contribution in [3.05, 3.63) is 0 Å². The zero-order chi connectivity index (χ0) is 15.0. The minimum atomic E-state index is -2.30. The van der Waals surface area contributed by atoms with E-state index in [1.807, 2.05) is 13.2 Å². The van der Waals surface area contributed by atoms with E-state index in [2.05, 4.69) is 5.32 Å². The largest absolute Gasteiger partial charge is 0.336 e. The van der Waals surface area contributed by atoms with Crippen LogP contribution in [0.25, 0.3) is 0 Å². The summed E-state index contributed by atoms with van der Waals surface area (Å²) in [4.78, 5) is 15.6. The van der Waals surface area contributed by atoms with E-state index in [1.54, 1.807) is 21.6 Å². The first-order valence-corrected chi connectivity index (χ1v) is 8.47. The molecule has 118 valence electrons. The maximum absolute atomic E-state index is 12.4. The Hall–Kier alpha value is -0.560. The van der Waals surface area contributed by atoms with Gasteiger partial charge in [0.25, 0.3) is 6.43 Å². The number of nitrogens with one attached hydrogen (secondary N) is 1. The molecule has 0 spiro atoms. The van der Waals surface area contributed by atoms with Crippen LogP contribution in [0, 0.1) is 0 Å². The number of hydrogen-bond donors (Lipinski definition) is 1. The summed E-state index contributed by atoms with van der Waals surface area (Å²) < 4.78 is 24.7. The number of nitrogens with zero attached hydrogens (tertiary/aromatic N) is 2. The van der Waals surface area contributed by atoms with E-state index in [0.717, 1.165) is 18.6 Å². The van der Waals surface area contributed by atoms with Gasteiger partial charge in [-0.1, -0.05) is 0 Å². The standard InChI is InChI=1S/C13H25F2N3OS/c1-11(4-9-20-2)16-13(19)18-6-3-5-17(7-8-18)10-12(14)15/h11-12H,3-10H2,1-2H3,(H,16,19)/t11-/m0/s1. The monoisotopic (exact) mass is 309 g/mol. The molecule has 4 nitrogen and oxygen atoms in total. The Morgan fingerprint density at radius 3 is 2.70 bits per heavy atom. The van der Waals surface area contributed by atoms with Crippen LogP contribution in [0.15, 0.2) is 0 Å². The third-order valence-corrected chi connectivity index (χ3v) is 4.04. The molecule has 0 aromatic carbocycles. The van der Waals surface area contributed by atoms with Crippen molar-refractivity contribution in [2.75, 3.05) is 44.7 Å². The lowest BCUT2D eigenvalue weighted by Crippen LogP contribution is -2.45. The number of hydrogen-bond acceptors (Lipinski definition) is 3. The fraction of sp³-hybridized carbons (Fsp3) is 0.923. The first kappa shape index (κ1) is 17.5. The number of carbonyl (C=O) groups excluding carboxylic acids is 1. The molecular formula is C13H25F2N3OS. The number of amides is 2. The van der Waals surface area contributed by atoms with E-state index in [-0.39, 0.29) is 18.6 Å². The topological polar surface area (TPSA) is 35.6 Å². The Bertz CT molecular complexity index is 295. The van der Waals surface area contributed by atoms with Crippen LogP contribution in [-0.4, -0.2) is 73.0 Å². The van der Waals surface area contributed by atoms with Crippen LogP contribution >= 0.6 is 11.8 Å². The molecule has 0 aliphatic carbocycles. The van der Waals surface area contributed by atoms with Crippen LogP contribution in [0.5, 0.6) is 0 Å². The summed E-state index contributed by atoms with van der Waals surface area (Å²) in [6, 6.07) is 0.0767. The molecule has 7 heteroatoms. The summed E-state index contributed by atoms with van der Waals surface area (Å²) in [7, 11) is 0. The molecule has 0 unspecified atom stereocenters. The van der Waals surface area contributed by atoms with E-state index in [0.29, 0.717) is 26.2 Å². The van der Waals surface area contributed by atoms with Crippen molar-refractivity contribution in [1.82, 2.24) is 15.1 Å². The van der Waals surface area contributed by atoms with Crippen molar-refractivity contribution >= 4 is 17.8 Å². The maximum Gasteiger partial charge on any atom is 0.317 e. The summed E-state index contributed by atoms with van der Waals surface area (Å²) in [5.41, 5.74) is 0.